The van der Waals surface area contributed by atoms with Gasteiger partial charge in [-0.15, -0.1) is 0 Å². The Hall–Kier alpha value is -3.09. The number of amides is 1. The molecule has 0 saturated heterocycles. The first-order valence-corrected chi connectivity index (χ1v) is 11.7. The van der Waals surface area contributed by atoms with Crippen molar-refractivity contribution in [3.63, 3.8) is 0 Å². The summed E-state index contributed by atoms with van der Waals surface area (Å²) in [6.45, 7) is 0. The molecule has 1 aliphatic rings. The fourth-order valence-corrected chi connectivity index (χ4v) is 4.08. The van der Waals surface area contributed by atoms with Crippen molar-refractivity contribution in [1.29, 1.82) is 0 Å². The lowest BCUT2D eigenvalue weighted by molar-refractivity contribution is 0.0976. The predicted octanol–water partition coefficient (Wildman–Crippen LogP) is 6.01. The number of halogens is 2. The van der Waals surface area contributed by atoms with Crippen LogP contribution in [0.25, 0.3) is 0 Å². The molecule has 0 unspecified atom stereocenters. The minimum atomic E-state index is -0.275. The molecular formula is C25H25Cl2N5O. The molecule has 33 heavy (non-hydrogen) atoms. The summed E-state index contributed by atoms with van der Waals surface area (Å²) in [5, 5.41) is 10.8. The summed E-state index contributed by atoms with van der Waals surface area (Å²) in [4.78, 5) is 22.0. The first-order chi connectivity index (χ1) is 16.0. The van der Waals surface area contributed by atoms with Crippen LogP contribution < -0.4 is 16.0 Å². The van der Waals surface area contributed by atoms with Crippen molar-refractivity contribution >= 4 is 46.6 Å². The SMILES string of the molecule is O=C(NC(=NC1CCC(Nc2ccccn2)CC1)Nc1ccc(Cl)cc1)c1cccc(Cl)c1. The lowest BCUT2D eigenvalue weighted by Gasteiger charge is -2.28. The highest BCUT2D eigenvalue weighted by Crippen LogP contribution is 2.24. The summed E-state index contributed by atoms with van der Waals surface area (Å²) in [6, 6.07) is 20.4. The van der Waals surface area contributed by atoms with Crippen LogP contribution in [0.15, 0.2) is 77.9 Å². The highest BCUT2D eigenvalue weighted by Gasteiger charge is 2.22. The maximum atomic E-state index is 12.8. The zero-order chi connectivity index (χ0) is 23.0. The molecule has 1 saturated carbocycles. The van der Waals surface area contributed by atoms with E-state index in [1.807, 2.05) is 30.3 Å². The summed E-state index contributed by atoms with van der Waals surface area (Å²) in [5.41, 5.74) is 1.26. The van der Waals surface area contributed by atoms with Crippen molar-refractivity contribution in [1.82, 2.24) is 10.3 Å². The number of nitrogens with zero attached hydrogens (tertiary/aromatic N) is 2. The van der Waals surface area contributed by atoms with Crippen LogP contribution in [-0.4, -0.2) is 28.9 Å². The molecule has 3 N–H and O–H groups in total. The number of guanidine groups is 1. The fraction of sp³-hybridized carbons (Fsp3) is 0.240. The van der Waals surface area contributed by atoms with Gasteiger partial charge in [-0.1, -0.05) is 35.3 Å². The van der Waals surface area contributed by atoms with E-state index in [0.717, 1.165) is 37.2 Å². The molecule has 3 aromatic rings. The third-order valence-electron chi connectivity index (χ3n) is 5.45. The van der Waals surface area contributed by atoms with Crippen LogP contribution in [0.2, 0.25) is 10.0 Å². The summed E-state index contributed by atoms with van der Waals surface area (Å²) in [5.74, 6) is 1.02. The molecule has 2 aromatic carbocycles. The van der Waals surface area contributed by atoms with Crippen molar-refractivity contribution in [2.45, 2.75) is 37.8 Å². The second kappa shape index (κ2) is 11.2. The van der Waals surface area contributed by atoms with Gasteiger partial charge < -0.3 is 10.6 Å². The average Bonchev–Trinajstić information content (AvgIpc) is 2.82. The van der Waals surface area contributed by atoms with E-state index in [4.69, 9.17) is 28.2 Å². The van der Waals surface area contributed by atoms with E-state index in [1.165, 1.54) is 0 Å². The van der Waals surface area contributed by atoms with Crippen LogP contribution in [0.3, 0.4) is 0 Å². The summed E-state index contributed by atoms with van der Waals surface area (Å²) in [6.07, 6.45) is 5.55. The molecule has 1 aromatic heterocycles. The van der Waals surface area contributed by atoms with Crippen LogP contribution >= 0.6 is 23.2 Å². The van der Waals surface area contributed by atoms with Crippen molar-refractivity contribution in [2.75, 3.05) is 10.6 Å². The highest BCUT2D eigenvalue weighted by atomic mass is 35.5. The number of aliphatic imine (C=N–C) groups is 1. The van der Waals surface area contributed by atoms with Crippen molar-refractivity contribution < 1.29 is 4.79 Å². The third kappa shape index (κ3) is 6.94. The van der Waals surface area contributed by atoms with Gasteiger partial charge in [0.2, 0.25) is 5.96 Å². The average molecular weight is 482 g/mol. The second-order valence-electron chi connectivity index (χ2n) is 7.94. The molecule has 8 heteroatoms. The van der Waals surface area contributed by atoms with E-state index in [9.17, 15) is 4.79 Å². The van der Waals surface area contributed by atoms with Crippen molar-refractivity contribution in [2.24, 2.45) is 4.99 Å². The second-order valence-corrected chi connectivity index (χ2v) is 8.81. The minimum absolute atomic E-state index is 0.0984. The Morgan fingerprint density at radius 2 is 1.70 bits per heavy atom. The number of nitrogens with one attached hydrogen (secondary N) is 3. The molecule has 6 nitrogen and oxygen atoms in total. The molecule has 0 radical (unpaired) electrons. The van der Waals surface area contributed by atoms with E-state index >= 15 is 0 Å². The Balaban J connectivity index is 1.44. The van der Waals surface area contributed by atoms with E-state index in [1.54, 1.807) is 42.6 Å². The first-order valence-electron chi connectivity index (χ1n) is 10.9. The highest BCUT2D eigenvalue weighted by molar-refractivity contribution is 6.31. The third-order valence-corrected chi connectivity index (χ3v) is 5.94. The number of hydrogen-bond donors (Lipinski definition) is 3. The molecule has 1 amide bonds. The van der Waals surface area contributed by atoms with Gasteiger partial charge in [0.1, 0.15) is 5.82 Å². The first kappa shape index (κ1) is 23.1. The van der Waals surface area contributed by atoms with E-state index < -0.39 is 0 Å². The number of hydrogen-bond acceptors (Lipinski definition) is 4. The lowest BCUT2D eigenvalue weighted by Crippen LogP contribution is -2.38. The normalized spacial score (nSPS) is 18.4. The maximum Gasteiger partial charge on any atom is 0.258 e. The molecule has 0 spiro atoms. The van der Waals surface area contributed by atoms with Gasteiger partial charge in [-0.05, 0) is 80.3 Å². The number of rotatable bonds is 5. The molecule has 170 valence electrons. The van der Waals surface area contributed by atoms with Gasteiger partial charge >= 0.3 is 0 Å². The van der Waals surface area contributed by atoms with Crippen LogP contribution in [0.1, 0.15) is 36.0 Å². The van der Waals surface area contributed by atoms with Gasteiger partial charge in [0.15, 0.2) is 0 Å². The number of pyridine rings is 1. The van der Waals surface area contributed by atoms with Crippen LogP contribution in [0, 0.1) is 0 Å². The molecule has 0 bridgehead atoms. The topological polar surface area (TPSA) is 78.4 Å². The quantitative estimate of drug-likeness (QED) is 0.308. The molecule has 4 rings (SSSR count). The number of aromatic nitrogens is 1. The number of carbonyl (C=O) groups excluding carboxylic acids is 1. The standard InChI is InChI=1S/C25H25Cl2N5O/c26-18-7-9-21(10-8-18)30-25(32-24(33)17-4-3-5-19(27)16-17)31-22-13-11-20(12-14-22)29-23-6-1-2-15-28-23/h1-10,15-16,20,22H,11-14H2,(H,28,29)(H2,30,31,32,33). The summed E-state index contributed by atoms with van der Waals surface area (Å²) in [7, 11) is 0. The van der Waals surface area contributed by atoms with Crippen molar-refractivity contribution in [3.8, 4) is 0 Å². The Bertz CT molecular complexity index is 1100. The predicted molar refractivity (Wildman–Crippen MR) is 135 cm³/mol. The van der Waals surface area contributed by atoms with Crippen molar-refractivity contribution in [3.05, 3.63) is 88.5 Å². The Morgan fingerprint density at radius 3 is 2.39 bits per heavy atom. The molecule has 1 fully saturated rings. The van der Waals surface area contributed by atoms with Crippen LogP contribution in [-0.2, 0) is 0 Å². The van der Waals surface area contributed by atoms with Gasteiger partial charge in [0.25, 0.3) is 5.91 Å². The smallest absolute Gasteiger partial charge is 0.258 e. The Morgan fingerprint density at radius 1 is 0.909 bits per heavy atom. The van der Waals surface area contributed by atoms with Gasteiger partial charge in [-0.25, -0.2) is 9.98 Å². The van der Waals surface area contributed by atoms with E-state index in [2.05, 4.69) is 20.9 Å². The zero-order valence-electron chi connectivity index (χ0n) is 18.0. The number of carbonyl (C=O) groups is 1. The monoisotopic (exact) mass is 481 g/mol. The van der Waals surface area contributed by atoms with Gasteiger partial charge in [0, 0.05) is 33.5 Å². The van der Waals surface area contributed by atoms with Crippen LogP contribution in [0.4, 0.5) is 11.5 Å². The molecule has 0 aliphatic heterocycles. The zero-order valence-corrected chi connectivity index (χ0v) is 19.5. The van der Waals surface area contributed by atoms with Gasteiger partial charge in [0.05, 0.1) is 6.04 Å². The fourth-order valence-electron chi connectivity index (χ4n) is 3.76. The Labute approximate surface area is 203 Å². The molecule has 1 aliphatic carbocycles. The lowest BCUT2D eigenvalue weighted by atomic mass is 9.91. The summed E-state index contributed by atoms with van der Waals surface area (Å²) >= 11 is 12.1. The molecule has 1 heterocycles. The maximum absolute atomic E-state index is 12.8. The van der Waals surface area contributed by atoms with E-state index in [-0.39, 0.29) is 11.9 Å². The van der Waals surface area contributed by atoms with Crippen LogP contribution in [0.5, 0.6) is 0 Å². The number of anilines is 2. The molecule has 0 atom stereocenters. The largest absolute Gasteiger partial charge is 0.367 e. The van der Waals surface area contributed by atoms with E-state index in [0.29, 0.717) is 27.6 Å². The van der Waals surface area contributed by atoms with Gasteiger partial charge in [-0.3, -0.25) is 10.1 Å². The summed E-state index contributed by atoms with van der Waals surface area (Å²) < 4.78 is 0. The van der Waals surface area contributed by atoms with Gasteiger partial charge in [-0.2, -0.15) is 0 Å². The minimum Gasteiger partial charge on any atom is -0.367 e. The number of benzene rings is 2. The molecular weight excluding hydrogens is 457 g/mol. The Kier molecular flexibility index (Phi) is 7.81.